The van der Waals surface area contributed by atoms with E-state index in [0.717, 1.165) is 34.0 Å². The van der Waals surface area contributed by atoms with Crippen molar-refractivity contribution >= 4 is 27.5 Å². The lowest BCUT2D eigenvalue weighted by atomic mass is 10.2. The lowest BCUT2D eigenvalue weighted by molar-refractivity contribution is 0.0942. The first-order chi connectivity index (χ1) is 11.5. The van der Waals surface area contributed by atoms with Crippen LogP contribution in [0.15, 0.2) is 30.3 Å². The molecule has 2 aromatic heterocycles. The molecule has 6 heteroatoms. The number of nitrogens with zero attached hydrogens (tertiary/aromatic N) is 1. The molecule has 0 spiro atoms. The molecule has 1 fully saturated rings. The molecule has 4 rings (SSSR count). The van der Waals surface area contributed by atoms with Crippen LogP contribution in [0.5, 0.6) is 0 Å². The molecule has 2 heterocycles. The van der Waals surface area contributed by atoms with E-state index in [0.29, 0.717) is 11.3 Å². The zero-order valence-electron chi connectivity index (χ0n) is 13.1. The highest BCUT2D eigenvalue weighted by molar-refractivity contribution is 7.19. The number of rotatable bonds is 4. The van der Waals surface area contributed by atoms with Gasteiger partial charge in [-0.05, 0) is 38.0 Å². The Labute approximate surface area is 141 Å². The van der Waals surface area contributed by atoms with Crippen LogP contribution in [0.4, 0.5) is 8.78 Å². The maximum atomic E-state index is 14.0. The third-order valence-electron chi connectivity index (χ3n) is 4.20. The van der Waals surface area contributed by atoms with Gasteiger partial charge in [0.15, 0.2) is 0 Å². The van der Waals surface area contributed by atoms with Crippen molar-refractivity contribution in [2.45, 2.75) is 32.4 Å². The fraction of sp³-hybridized carbons (Fsp3) is 0.278. The highest BCUT2D eigenvalue weighted by Gasteiger charge is 2.26. The summed E-state index contributed by atoms with van der Waals surface area (Å²) in [6.45, 7) is 2.19. The Kier molecular flexibility index (Phi) is 3.64. The SMILES string of the molecule is Cc1cc2c(cc(C(=O)NC3CC3)n2Cc2ccc(F)cc2F)s1. The van der Waals surface area contributed by atoms with Crippen molar-refractivity contribution in [3.8, 4) is 0 Å². The molecule has 0 saturated heterocycles. The molecule has 3 nitrogen and oxygen atoms in total. The van der Waals surface area contributed by atoms with Crippen molar-refractivity contribution in [1.29, 1.82) is 0 Å². The van der Waals surface area contributed by atoms with Crippen molar-refractivity contribution in [3.63, 3.8) is 0 Å². The predicted molar refractivity (Wildman–Crippen MR) is 90.5 cm³/mol. The molecule has 1 aliphatic rings. The van der Waals surface area contributed by atoms with E-state index in [2.05, 4.69) is 5.32 Å². The van der Waals surface area contributed by atoms with Gasteiger partial charge in [0.2, 0.25) is 0 Å². The van der Waals surface area contributed by atoms with E-state index in [1.807, 2.05) is 23.6 Å². The lowest BCUT2D eigenvalue weighted by Crippen LogP contribution is -2.27. The van der Waals surface area contributed by atoms with Crippen LogP contribution in [0.2, 0.25) is 0 Å². The number of hydrogen-bond donors (Lipinski definition) is 1. The number of carbonyl (C=O) groups is 1. The van der Waals surface area contributed by atoms with Crippen LogP contribution in [0.3, 0.4) is 0 Å². The minimum atomic E-state index is -0.605. The molecule has 1 aromatic carbocycles. The average Bonchev–Trinajstić information content (AvgIpc) is 3.16. The van der Waals surface area contributed by atoms with Crippen molar-refractivity contribution in [1.82, 2.24) is 9.88 Å². The number of thiophene rings is 1. The topological polar surface area (TPSA) is 34.0 Å². The maximum absolute atomic E-state index is 14.0. The van der Waals surface area contributed by atoms with E-state index in [9.17, 15) is 13.6 Å². The number of halogens is 2. The Morgan fingerprint density at radius 3 is 2.79 bits per heavy atom. The number of hydrogen-bond acceptors (Lipinski definition) is 2. The molecule has 3 aromatic rings. The van der Waals surface area contributed by atoms with Crippen LogP contribution in [-0.4, -0.2) is 16.5 Å². The standard InChI is InChI=1S/C18H16F2N2OS/c1-10-6-15-17(24-10)8-16(18(23)21-13-4-5-13)22(15)9-11-2-3-12(19)7-14(11)20/h2-3,6-8,13H,4-5,9H2,1H3,(H,21,23). The van der Waals surface area contributed by atoms with Gasteiger partial charge in [-0.15, -0.1) is 11.3 Å². The number of carbonyl (C=O) groups excluding carboxylic acids is 1. The highest BCUT2D eigenvalue weighted by atomic mass is 32.1. The molecule has 1 aliphatic carbocycles. The molecule has 1 N–H and O–H groups in total. The second-order valence-electron chi connectivity index (χ2n) is 6.21. The normalized spacial score (nSPS) is 14.3. The zero-order chi connectivity index (χ0) is 16.8. The number of fused-ring (bicyclic) bond motifs is 1. The Morgan fingerprint density at radius 1 is 1.29 bits per heavy atom. The van der Waals surface area contributed by atoms with E-state index in [1.165, 1.54) is 12.1 Å². The Bertz CT molecular complexity index is 940. The highest BCUT2D eigenvalue weighted by Crippen LogP contribution is 2.30. The van der Waals surface area contributed by atoms with Gasteiger partial charge in [0.1, 0.15) is 17.3 Å². The molecular weight excluding hydrogens is 330 g/mol. The first kappa shape index (κ1) is 15.3. The van der Waals surface area contributed by atoms with Gasteiger partial charge in [0.25, 0.3) is 5.91 Å². The summed E-state index contributed by atoms with van der Waals surface area (Å²) in [5.74, 6) is -1.34. The minimum Gasteiger partial charge on any atom is -0.348 e. The van der Waals surface area contributed by atoms with Crippen LogP contribution in [-0.2, 0) is 6.54 Å². The van der Waals surface area contributed by atoms with Crippen LogP contribution in [0, 0.1) is 18.6 Å². The molecule has 0 unspecified atom stereocenters. The summed E-state index contributed by atoms with van der Waals surface area (Å²) in [6.07, 6.45) is 2.01. The second-order valence-corrected chi connectivity index (χ2v) is 7.49. The van der Waals surface area contributed by atoms with Crippen molar-refractivity contribution in [2.24, 2.45) is 0 Å². The summed E-state index contributed by atoms with van der Waals surface area (Å²) < 4.78 is 30.0. The number of nitrogens with one attached hydrogen (secondary N) is 1. The van der Waals surface area contributed by atoms with Crippen LogP contribution < -0.4 is 5.32 Å². The number of benzene rings is 1. The van der Waals surface area contributed by atoms with E-state index in [-0.39, 0.29) is 18.5 Å². The molecule has 0 aliphatic heterocycles. The largest absolute Gasteiger partial charge is 0.348 e. The molecule has 0 atom stereocenters. The van der Waals surface area contributed by atoms with Gasteiger partial charge in [0.05, 0.1) is 16.8 Å². The first-order valence-electron chi connectivity index (χ1n) is 7.86. The van der Waals surface area contributed by atoms with E-state index in [4.69, 9.17) is 0 Å². The number of aromatic nitrogens is 1. The first-order valence-corrected chi connectivity index (χ1v) is 8.67. The van der Waals surface area contributed by atoms with E-state index < -0.39 is 11.6 Å². The quantitative estimate of drug-likeness (QED) is 0.754. The molecular formula is C18H16F2N2OS. The van der Waals surface area contributed by atoms with Gasteiger partial charge in [-0.1, -0.05) is 6.07 Å². The summed E-state index contributed by atoms with van der Waals surface area (Å²) in [7, 11) is 0. The lowest BCUT2D eigenvalue weighted by Gasteiger charge is -2.11. The van der Waals surface area contributed by atoms with Gasteiger partial charge in [0, 0.05) is 22.5 Å². The molecule has 1 saturated carbocycles. The third kappa shape index (κ3) is 2.82. The van der Waals surface area contributed by atoms with Crippen LogP contribution >= 0.6 is 11.3 Å². The predicted octanol–water partition coefficient (Wildman–Crippen LogP) is 4.23. The Balaban J connectivity index is 1.76. The Morgan fingerprint density at radius 2 is 2.08 bits per heavy atom. The van der Waals surface area contributed by atoms with Gasteiger partial charge in [-0.25, -0.2) is 8.78 Å². The van der Waals surface area contributed by atoms with Gasteiger partial charge < -0.3 is 9.88 Å². The van der Waals surface area contributed by atoms with E-state index >= 15 is 0 Å². The van der Waals surface area contributed by atoms with Crippen molar-refractivity contribution in [2.75, 3.05) is 0 Å². The smallest absolute Gasteiger partial charge is 0.268 e. The zero-order valence-corrected chi connectivity index (χ0v) is 13.9. The second kappa shape index (κ2) is 5.70. The van der Waals surface area contributed by atoms with Gasteiger partial charge >= 0.3 is 0 Å². The number of amides is 1. The average molecular weight is 346 g/mol. The molecule has 0 radical (unpaired) electrons. The Hall–Kier alpha value is -2.21. The molecule has 0 bridgehead atoms. The molecule has 1 amide bonds. The number of aryl methyl sites for hydroxylation is 1. The van der Waals surface area contributed by atoms with Crippen molar-refractivity contribution in [3.05, 3.63) is 58.1 Å². The third-order valence-corrected chi connectivity index (χ3v) is 5.19. The van der Waals surface area contributed by atoms with Gasteiger partial charge in [-0.3, -0.25) is 4.79 Å². The molecule has 124 valence electrons. The summed E-state index contributed by atoms with van der Waals surface area (Å²) >= 11 is 1.60. The fourth-order valence-corrected chi connectivity index (χ4v) is 3.79. The van der Waals surface area contributed by atoms with Crippen LogP contribution in [0.1, 0.15) is 33.8 Å². The monoisotopic (exact) mass is 346 g/mol. The summed E-state index contributed by atoms with van der Waals surface area (Å²) in [4.78, 5) is 13.6. The summed E-state index contributed by atoms with van der Waals surface area (Å²) in [5.41, 5.74) is 1.78. The maximum Gasteiger partial charge on any atom is 0.268 e. The van der Waals surface area contributed by atoms with Gasteiger partial charge in [-0.2, -0.15) is 0 Å². The molecule has 24 heavy (non-hydrogen) atoms. The van der Waals surface area contributed by atoms with E-state index in [1.54, 1.807) is 11.3 Å². The summed E-state index contributed by atoms with van der Waals surface area (Å²) in [6, 6.07) is 7.64. The van der Waals surface area contributed by atoms with Crippen LogP contribution in [0.25, 0.3) is 10.2 Å². The summed E-state index contributed by atoms with van der Waals surface area (Å²) in [5, 5.41) is 2.98. The fourth-order valence-electron chi connectivity index (χ4n) is 2.83. The minimum absolute atomic E-state index is 0.138. The van der Waals surface area contributed by atoms with Crippen molar-refractivity contribution < 1.29 is 13.6 Å².